The Kier molecular flexibility index (Phi) is 3.81. The second-order valence-electron chi connectivity index (χ2n) is 7.16. The third kappa shape index (κ3) is 2.65. The number of aromatic amines is 1. The minimum Gasteiger partial charge on any atom is -0.497 e. The maximum absolute atomic E-state index is 13.4. The molecule has 2 heterocycles. The predicted molar refractivity (Wildman–Crippen MR) is 102 cm³/mol. The molecule has 0 spiro atoms. The van der Waals surface area contributed by atoms with Crippen LogP contribution in [0.2, 0.25) is 0 Å². The molecule has 1 aliphatic carbocycles. The molecule has 1 unspecified atom stereocenters. The second kappa shape index (κ2) is 6.34. The molecule has 0 fully saturated rings. The number of ether oxygens (including phenoxy) is 3. The van der Waals surface area contributed by atoms with Crippen molar-refractivity contribution in [3.05, 3.63) is 53.2 Å². The van der Waals surface area contributed by atoms with Gasteiger partial charge < -0.3 is 19.2 Å². The Balaban J connectivity index is 1.61. The van der Waals surface area contributed by atoms with Gasteiger partial charge in [-0.05, 0) is 55.2 Å². The van der Waals surface area contributed by atoms with Crippen molar-refractivity contribution >= 4 is 16.7 Å². The zero-order valence-electron chi connectivity index (χ0n) is 15.2. The fourth-order valence-corrected chi connectivity index (χ4v) is 4.27. The van der Waals surface area contributed by atoms with Gasteiger partial charge in [0.25, 0.3) is 0 Å². The summed E-state index contributed by atoms with van der Waals surface area (Å²) in [7, 11) is 1.63. The molecule has 27 heavy (non-hydrogen) atoms. The van der Waals surface area contributed by atoms with Crippen molar-refractivity contribution in [1.29, 1.82) is 0 Å². The number of carbonyl (C=O) groups excluding carboxylic acids is 1. The topological polar surface area (TPSA) is 60.6 Å². The highest BCUT2D eigenvalue weighted by atomic mass is 16.7. The Hall–Kier alpha value is -2.95. The number of rotatable bonds is 3. The number of Topliss-reactive ketones (excluding diaryl/α,β-unsaturated/α-hetero) is 1. The number of benzene rings is 2. The lowest BCUT2D eigenvalue weighted by atomic mass is 9.86. The van der Waals surface area contributed by atoms with E-state index >= 15 is 0 Å². The molecular weight excluding hydrogens is 342 g/mol. The van der Waals surface area contributed by atoms with Gasteiger partial charge in [0.1, 0.15) is 5.75 Å². The van der Waals surface area contributed by atoms with Crippen molar-refractivity contribution in [3.8, 4) is 17.2 Å². The Labute approximate surface area is 157 Å². The molecule has 2 aliphatic rings. The molecular formula is C22H21NO4. The van der Waals surface area contributed by atoms with Crippen LogP contribution in [-0.2, 0) is 6.42 Å². The lowest BCUT2D eigenvalue weighted by Gasteiger charge is -2.15. The molecule has 1 aliphatic heterocycles. The van der Waals surface area contributed by atoms with E-state index < -0.39 is 0 Å². The van der Waals surface area contributed by atoms with E-state index in [1.807, 2.05) is 36.4 Å². The van der Waals surface area contributed by atoms with Gasteiger partial charge in [0.2, 0.25) is 6.79 Å². The number of hydrogen-bond donors (Lipinski definition) is 1. The summed E-state index contributed by atoms with van der Waals surface area (Å²) in [5.74, 6) is 2.29. The summed E-state index contributed by atoms with van der Waals surface area (Å²) < 4.78 is 16.3. The van der Waals surface area contributed by atoms with Gasteiger partial charge >= 0.3 is 0 Å². The van der Waals surface area contributed by atoms with E-state index in [1.165, 1.54) is 0 Å². The van der Waals surface area contributed by atoms with Crippen LogP contribution in [0.15, 0.2) is 36.4 Å². The van der Waals surface area contributed by atoms with Crippen molar-refractivity contribution in [1.82, 2.24) is 4.98 Å². The Morgan fingerprint density at radius 1 is 1.11 bits per heavy atom. The number of H-pyrrole nitrogens is 1. The normalized spacial score (nSPS) is 18.2. The van der Waals surface area contributed by atoms with Crippen LogP contribution in [0.25, 0.3) is 10.9 Å². The third-order valence-electron chi connectivity index (χ3n) is 5.62. The lowest BCUT2D eigenvalue weighted by Crippen LogP contribution is -2.13. The van der Waals surface area contributed by atoms with Crippen LogP contribution in [0.1, 0.15) is 46.8 Å². The van der Waals surface area contributed by atoms with E-state index in [0.29, 0.717) is 0 Å². The highest BCUT2D eigenvalue weighted by molar-refractivity contribution is 6.04. The number of ketones is 1. The van der Waals surface area contributed by atoms with Crippen molar-refractivity contribution in [2.45, 2.75) is 31.6 Å². The molecule has 2 aromatic carbocycles. The Morgan fingerprint density at radius 2 is 1.89 bits per heavy atom. The SMILES string of the molecule is COc1ccc(C(=O)C2CCCCc3[nH]c4cc5c(cc4c32)OCO5)cc1. The van der Waals surface area contributed by atoms with E-state index in [4.69, 9.17) is 14.2 Å². The Bertz CT molecular complexity index is 1020. The van der Waals surface area contributed by atoms with Gasteiger partial charge in [0, 0.05) is 34.1 Å². The number of fused-ring (bicyclic) bond motifs is 4. The van der Waals surface area contributed by atoms with Crippen LogP contribution >= 0.6 is 0 Å². The molecule has 0 radical (unpaired) electrons. The van der Waals surface area contributed by atoms with Crippen LogP contribution in [0.4, 0.5) is 0 Å². The number of aryl methyl sites for hydroxylation is 1. The van der Waals surface area contributed by atoms with Crippen molar-refractivity contribution in [3.63, 3.8) is 0 Å². The average Bonchev–Trinajstić information content (AvgIpc) is 3.23. The van der Waals surface area contributed by atoms with Gasteiger partial charge in [-0.1, -0.05) is 6.42 Å². The first kappa shape index (κ1) is 16.2. The summed E-state index contributed by atoms with van der Waals surface area (Å²) in [4.78, 5) is 16.9. The van der Waals surface area contributed by atoms with Gasteiger partial charge in [-0.15, -0.1) is 0 Å². The smallest absolute Gasteiger partial charge is 0.231 e. The van der Waals surface area contributed by atoms with Crippen LogP contribution in [0, 0.1) is 0 Å². The maximum Gasteiger partial charge on any atom is 0.231 e. The molecule has 1 aromatic heterocycles. The first-order valence-corrected chi connectivity index (χ1v) is 9.37. The fourth-order valence-electron chi connectivity index (χ4n) is 4.27. The second-order valence-corrected chi connectivity index (χ2v) is 7.16. The van der Waals surface area contributed by atoms with Crippen molar-refractivity contribution < 1.29 is 19.0 Å². The fraction of sp³-hybridized carbons (Fsp3) is 0.318. The molecule has 0 saturated heterocycles. The molecule has 138 valence electrons. The van der Waals surface area contributed by atoms with Gasteiger partial charge in [0.15, 0.2) is 17.3 Å². The molecule has 1 atom stereocenters. The highest BCUT2D eigenvalue weighted by Crippen LogP contribution is 2.43. The molecule has 1 N–H and O–H groups in total. The molecule has 0 amide bonds. The highest BCUT2D eigenvalue weighted by Gasteiger charge is 2.30. The minimum absolute atomic E-state index is 0.148. The van der Waals surface area contributed by atoms with Crippen LogP contribution in [0.5, 0.6) is 17.2 Å². The molecule has 3 aromatic rings. The van der Waals surface area contributed by atoms with E-state index in [1.54, 1.807) is 7.11 Å². The number of aromatic nitrogens is 1. The van der Waals surface area contributed by atoms with Crippen molar-refractivity contribution in [2.24, 2.45) is 0 Å². The van der Waals surface area contributed by atoms with E-state index in [9.17, 15) is 4.79 Å². The largest absolute Gasteiger partial charge is 0.497 e. The first-order chi connectivity index (χ1) is 13.2. The average molecular weight is 363 g/mol. The summed E-state index contributed by atoms with van der Waals surface area (Å²) in [6.45, 7) is 0.248. The zero-order valence-corrected chi connectivity index (χ0v) is 15.2. The number of methoxy groups -OCH3 is 1. The first-order valence-electron chi connectivity index (χ1n) is 9.37. The Morgan fingerprint density at radius 3 is 2.67 bits per heavy atom. The molecule has 5 rings (SSSR count). The van der Waals surface area contributed by atoms with Gasteiger partial charge in [-0.2, -0.15) is 0 Å². The minimum atomic E-state index is -0.148. The van der Waals surface area contributed by atoms with Gasteiger partial charge in [0.05, 0.1) is 7.11 Å². The van der Waals surface area contributed by atoms with Crippen LogP contribution < -0.4 is 14.2 Å². The van der Waals surface area contributed by atoms with Crippen molar-refractivity contribution in [2.75, 3.05) is 13.9 Å². The van der Waals surface area contributed by atoms with E-state index in [2.05, 4.69) is 4.98 Å². The maximum atomic E-state index is 13.4. The lowest BCUT2D eigenvalue weighted by molar-refractivity contribution is 0.0955. The molecule has 5 nitrogen and oxygen atoms in total. The summed E-state index contributed by atoms with van der Waals surface area (Å²) in [6, 6.07) is 11.4. The summed E-state index contributed by atoms with van der Waals surface area (Å²) in [6.07, 6.45) is 3.95. The molecule has 0 saturated carbocycles. The summed E-state index contributed by atoms with van der Waals surface area (Å²) in [5.41, 5.74) is 4.03. The van der Waals surface area contributed by atoms with Crippen LogP contribution in [-0.4, -0.2) is 24.7 Å². The number of nitrogens with one attached hydrogen (secondary N) is 1. The quantitative estimate of drug-likeness (QED) is 0.546. The van der Waals surface area contributed by atoms with E-state index in [-0.39, 0.29) is 18.5 Å². The summed E-state index contributed by atoms with van der Waals surface area (Å²) >= 11 is 0. The number of hydrogen-bond acceptors (Lipinski definition) is 4. The molecule has 0 bridgehead atoms. The number of carbonyl (C=O) groups is 1. The standard InChI is InChI=1S/C22H21NO4/c1-25-14-8-6-13(7-9-14)22(24)15-4-2-3-5-17-21(15)16-10-19-20(27-12-26-19)11-18(16)23-17/h6-11,15,23H,2-5,12H2,1H3. The molecule has 5 heteroatoms. The third-order valence-corrected chi connectivity index (χ3v) is 5.62. The van der Waals surface area contributed by atoms with Crippen LogP contribution in [0.3, 0.4) is 0 Å². The monoisotopic (exact) mass is 363 g/mol. The zero-order chi connectivity index (χ0) is 18.4. The van der Waals surface area contributed by atoms with Gasteiger partial charge in [-0.3, -0.25) is 4.79 Å². The summed E-state index contributed by atoms with van der Waals surface area (Å²) in [5, 5.41) is 1.07. The predicted octanol–water partition coefficient (Wildman–Crippen LogP) is 4.60. The van der Waals surface area contributed by atoms with E-state index in [0.717, 1.165) is 70.7 Å². The van der Waals surface area contributed by atoms with Gasteiger partial charge in [-0.25, -0.2) is 0 Å².